The Hall–Kier alpha value is -2.68. The van der Waals surface area contributed by atoms with Crippen LogP contribution in [-0.2, 0) is 9.53 Å². The average Bonchev–Trinajstić information content (AvgIpc) is 2.34. The van der Waals surface area contributed by atoms with E-state index < -0.39 is 16.5 Å². The van der Waals surface area contributed by atoms with Crippen LogP contribution in [0, 0.1) is 21.4 Å². The molecule has 0 spiro atoms. The van der Waals surface area contributed by atoms with Gasteiger partial charge >= 0.3 is 5.97 Å². The zero-order chi connectivity index (χ0) is 15.3. The molecule has 0 aromatic heterocycles. The third-order valence-corrected chi connectivity index (χ3v) is 2.13. The van der Waals surface area contributed by atoms with Crippen LogP contribution >= 0.6 is 0 Å². The molecule has 1 aromatic carbocycles. The maximum absolute atomic E-state index is 11.8. The molecule has 20 heavy (non-hydrogen) atoms. The van der Waals surface area contributed by atoms with Crippen molar-refractivity contribution < 1.29 is 14.5 Å². The van der Waals surface area contributed by atoms with E-state index in [4.69, 9.17) is 10.00 Å². The highest BCUT2D eigenvalue weighted by atomic mass is 16.6. The third-order valence-electron chi connectivity index (χ3n) is 2.13. The van der Waals surface area contributed by atoms with Crippen molar-refractivity contribution in [2.75, 3.05) is 0 Å². The number of carbonyl (C=O) groups is 1. The third kappa shape index (κ3) is 4.53. The van der Waals surface area contributed by atoms with Crippen molar-refractivity contribution in [1.29, 1.82) is 5.26 Å². The molecule has 104 valence electrons. The van der Waals surface area contributed by atoms with Crippen LogP contribution in [0.1, 0.15) is 26.3 Å². The number of nitro benzene ring substituents is 1. The van der Waals surface area contributed by atoms with Crippen LogP contribution in [0.5, 0.6) is 0 Å². The topological polar surface area (TPSA) is 93.2 Å². The molecule has 0 aliphatic carbocycles. The first-order valence-corrected chi connectivity index (χ1v) is 5.82. The molecule has 1 rings (SSSR count). The highest BCUT2D eigenvalue weighted by Crippen LogP contribution is 2.17. The fraction of sp³-hybridized carbons (Fsp3) is 0.286. The van der Waals surface area contributed by atoms with Gasteiger partial charge in [-0.25, -0.2) is 4.79 Å². The molecule has 0 bridgehead atoms. The van der Waals surface area contributed by atoms with E-state index in [-0.39, 0.29) is 11.3 Å². The Balaban J connectivity index is 3.07. The summed E-state index contributed by atoms with van der Waals surface area (Å²) in [6.07, 6.45) is 1.26. The Morgan fingerprint density at radius 2 is 2.10 bits per heavy atom. The summed E-state index contributed by atoms with van der Waals surface area (Å²) in [4.78, 5) is 21.9. The number of hydrogen-bond donors (Lipinski definition) is 0. The lowest BCUT2D eigenvalue weighted by atomic mass is 10.1. The van der Waals surface area contributed by atoms with E-state index in [0.29, 0.717) is 5.56 Å². The first-order valence-electron chi connectivity index (χ1n) is 5.82. The van der Waals surface area contributed by atoms with Crippen molar-refractivity contribution in [3.8, 4) is 6.07 Å². The lowest BCUT2D eigenvalue weighted by Crippen LogP contribution is -2.24. The Morgan fingerprint density at radius 3 is 2.60 bits per heavy atom. The molecule has 0 saturated carbocycles. The van der Waals surface area contributed by atoms with E-state index in [2.05, 4.69) is 0 Å². The molecule has 0 radical (unpaired) electrons. The molecule has 0 unspecified atom stereocenters. The maximum atomic E-state index is 11.8. The molecule has 0 amide bonds. The second-order valence-corrected chi connectivity index (χ2v) is 5.02. The van der Waals surface area contributed by atoms with E-state index in [0.717, 1.165) is 0 Å². The van der Waals surface area contributed by atoms with Crippen LogP contribution in [0.4, 0.5) is 5.69 Å². The highest BCUT2D eigenvalue weighted by Gasteiger charge is 2.20. The van der Waals surface area contributed by atoms with Crippen molar-refractivity contribution >= 4 is 17.7 Å². The second kappa shape index (κ2) is 5.97. The van der Waals surface area contributed by atoms with Gasteiger partial charge in [0.15, 0.2) is 0 Å². The summed E-state index contributed by atoms with van der Waals surface area (Å²) < 4.78 is 5.08. The fourth-order valence-corrected chi connectivity index (χ4v) is 1.36. The minimum Gasteiger partial charge on any atom is -0.456 e. The largest absolute Gasteiger partial charge is 0.456 e. The average molecular weight is 274 g/mol. The van der Waals surface area contributed by atoms with Crippen molar-refractivity contribution in [3.63, 3.8) is 0 Å². The number of ether oxygens (including phenoxy) is 1. The Bertz CT molecular complexity index is 606. The summed E-state index contributed by atoms with van der Waals surface area (Å²) in [5, 5.41) is 19.6. The second-order valence-electron chi connectivity index (χ2n) is 5.02. The number of non-ortho nitro benzene ring substituents is 1. The Kier molecular flexibility index (Phi) is 4.59. The van der Waals surface area contributed by atoms with Gasteiger partial charge in [0.25, 0.3) is 5.69 Å². The van der Waals surface area contributed by atoms with E-state index in [1.807, 2.05) is 0 Å². The van der Waals surface area contributed by atoms with Crippen LogP contribution in [-0.4, -0.2) is 16.5 Å². The molecule has 6 heteroatoms. The summed E-state index contributed by atoms with van der Waals surface area (Å²) in [5.74, 6) is -0.758. The van der Waals surface area contributed by atoms with Gasteiger partial charge in [-0.15, -0.1) is 0 Å². The molecular weight excluding hydrogens is 260 g/mol. The van der Waals surface area contributed by atoms with Gasteiger partial charge in [0.2, 0.25) is 0 Å². The first kappa shape index (κ1) is 15.4. The quantitative estimate of drug-likeness (QED) is 0.278. The highest BCUT2D eigenvalue weighted by molar-refractivity contribution is 5.98. The molecule has 0 aliphatic heterocycles. The number of benzene rings is 1. The zero-order valence-corrected chi connectivity index (χ0v) is 11.4. The Labute approximate surface area is 116 Å². The monoisotopic (exact) mass is 274 g/mol. The summed E-state index contributed by atoms with van der Waals surface area (Å²) in [7, 11) is 0. The molecule has 1 aromatic rings. The van der Waals surface area contributed by atoms with E-state index in [1.165, 1.54) is 24.3 Å². The van der Waals surface area contributed by atoms with Crippen molar-refractivity contribution in [2.24, 2.45) is 0 Å². The molecule has 6 nitrogen and oxygen atoms in total. The van der Waals surface area contributed by atoms with Gasteiger partial charge in [0.1, 0.15) is 17.2 Å². The molecular formula is C14H14N2O4. The number of esters is 1. The number of nitriles is 1. The normalized spacial score (nSPS) is 11.6. The van der Waals surface area contributed by atoms with E-state index >= 15 is 0 Å². The van der Waals surface area contributed by atoms with Crippen LogP contribution in [0.3, 0.4) is 0 Å². The number of rotatable bonds is 3. The number of carbonyl (C=O) groups excluding carboxylic acids is 1. The van der Waals surface area contributed by atoms with Crippen LogP contribution < -0.4 is 0 Å². The van der Waals surface area contributed by atoms with Crippen LogP contribution in [0.15, 0.2) is 29.8 Å². The van der Waals surface area contributed by atoms with E-state index in [1.54, 1.807) is 32.9 Å². The SMILES string of the molecule is CC(C)(C)OC(=O)/C(C#N)=C/c1cccc([N+](=O)[O-])c1. The van der Waals surface area contributed by atoms with Gasteiger partial charge in [-0.3, -0.25) is 10.1 Å². The first-order chi connectivity index (χ1) is 9.23. The van der Waals surface area contributed by atoms with Gasteiger partial charge in [-0.1, -0.05) is 12.1 Å². The fourth-order valence-electron chi connectivity index (χ4n) is 1.36. The van der Waals surface area contributed by atoms with Crippen LogP contribution in [0.2, 0.25) is 0 Å². The predicted molar refractivity (Wildman–Crippen MR) is 72.5 cm³/mol. The standard InChI is InChI=1S/C14H14N2O4/c1-14(2,3)20-13(17)11(9-15)7-10-5-4-6-12(8-10)16(18)19/h4-8H,1-3H3/b11-7+. The van der Waals surface area contributed by atoms with E-state index in [9.17, 15) is 14.9 Å². The van der Waals surface area contributed by atoms with Crippen molar-refractivity contribution in [3.05, 3.63) is 45.5 Å². The van der Waals surface area contributed by atoms with Crippen molar-refractivity contribution in [1.82, 2.24) is 0 Å². The molecule has 0 saturated heterocycles. The maximum Gasteiger partial charge on any atom is 0.349 e. The minimum atomic E-state index is -0.758. The number of nitro groups is 1. The number of hydrogen-bond acceptors (Lipinski definition) is 5. The molecule has 0 fully saturated rings. The predicted octanol–water partition coefficient (Wildman–Crippen LogP) is 2.84. The number of nitrogens with zero attached hydrogens (tertiary/aromatic N) is 2. The van der Waals surface area contributed by atoms with Crippen molar-refractivity contribution in [2.45, 2.75) is 26.4 Å². The van der Waals surface area contributed by atoms with Gasteiger partial charge in [-0.05, 0) is 32.4 Å². The van der Waals surface area contributed by atoms with Gasteiger partial charge in [-0.2, -0.15) is 5.26 Å². The molecule has 0 atom stereocenters. The Morgan fingerprint density at radius 1 is 1.45 bits per heavy atom. The smallest absolute Gasteiger partial charge is 0.349 e. The minimum absolute atomic E-state index is 0.111. The zero-order valence-electron chi connectivity index (χ0n) is 11.4. The molecule has 0 aliphatic rings. The summed E-state index contributed by atoms with van der Waals surface area (Å²) in [6.45, 7) is 5.06. The summed E-state index contributed by atoms with van der Waals surface area (Å²) >= 11 is 0. The van der Waals surface area contributed by atoms with Gasteiger partial charge < -0.3 is 4.74 Å². The van der Waals surface area contributed by atoms with Gasteiger partial charge in [0, 0.05) is 12.1 Å². The summed E-state index contributed by atoms with van der Waals surface area (Å²) in [6, 6.07) is 7.39. The summed E-state index contributed by atoms with van der Waals surface area (Å²) in [5.41, 5.74) is -0.641. The lowest BCUT2D eigenvalue weighted by molar-refractivity contribution is -0.384. The van der Waals surface area contributed by atoms with Crippen LogP contribution in [0.25, 0.3) is 6.08 Å². The van der Waals surface area contributed by atoms with Gasteiger partial charge in [0.05, 0.1) is 4.92 Å². The molecule has 0 N–H and O–H groups in total. The molecule has 0 heterocycles. The lowest BCUT2D eigenvalue weighted by Gasteiger charge is -2.18.